The summed E-state index contributed by atoms with van der Waals surface area (Å²) in [6, 6.07) is 0. The fourth-order valence-electron chi connectivity index (χ4n) is 13.2. The highest BCUT2D eigenvalue weighted by molar-refractivity contribution is 5.86. The van der Waals surface area contributed by atoms with Gasteiger partial charge in [0.15, 0.2) is 0 Å². The minimum absolute atomic E-state index is 0.00949. The van der Waals surface area contributed by atoms with Gasteiger partial charge in [-0.1, -0.05) is 46.8 Å². The first-order valence-corrected chi connectivity index (χ1v) is 16.9. The van der Waals surface area contributed by atoms with Crippen molar-refractivity contribution in [1.29, 1.82) is 0 Å². The second-order valence-electron chi connectivity index (χ2n) is 17.2. The van der Waals surface area contributed by atoms with E-state index in [-0.39, 0.29) is 51.2 Å². The van der Waals surface area contributed by atoms with Crippen molar-refractivity contribution < 1.29 is 19.1 Å². The molecule has 0 bridgehead atoms. The summed E-state index contributed by atoms with van der Waals surface area (Å²) in [5.41, 5.74) is 3.10. The molecule has 5 saturated carbocycles. The number of allylic oxidation sites excluding steroid dienone is 1. The molecule has 5 fully saturated rings. The number of cyclic esters (lactones) is 1. The highest BCUT2D eigenvalue weighted by atomic mass is 16.6. The van der Waals surface area contributed by atoms with Crippen LogP contribution >= 0.6 is 0 Å². The summed E-state index contributed by atoms with van der Waals surface area (Å²) in [4.78, 5) is 26.9. The molecule has 6 aliphatic rings. The number of hydrogen-bond acceptors (Lipinski definition) is 5. The fourth-order valence-corrected chi connectivity index (χ4v) is 13.2. The second-order valence-corrected chi connectivity index (χ2v) is 17.2. The summed E-state index contributed by atoms with van der Waals surface area (Å²) >= 11 is 0. The lowest BCUT2D eigenvalue weighted by Gasteiger charge is -2.73. The van der Waals surface area contributed by atoms with E-state index in [0.29, 0.717) is 29.6 Å². The molecule has 5 nitrogen and oxygen atoms in total. The summed E-state index contributed by atoms with van der Waals surface area (Å²) in [6.45, 7) is 21.1. The summed E-state index contributed by atoms with van der Waals surface area (Å²) in [5.74, 6) is 2.50. The van der Waals surface area contributed by atoms with Gasteiger partial charge in [0.1, 0.15) is 12.2 Å². The second kappa shape index (κ2) is 9.61. The quantitative estimate of drug-likeness (QED) is 0.250. The van der Waals surface area contributed by atoms with Crippen molar-refractivity contribution in [2.24, 2.45) is 56.7 Å². The van der Waals surface area contributed by atoms with Gasteiger partial charge in [-0.05, 0) is 117 Å². The Morgan fingerprint density at radius 1 is 0.905 bits per heavy atom. The molecule has 0 saturated heterocycles. The van der Waals surface area contributed by atoms with Gasteiger partial charge < -0.3 is 14.4 Å². The lowest BCUT2D eigenvalue weighted by molar-refractivity contribution is -0.254. The molecule has 0 aromatic rings. The van der Waals surface area contributed by atoms with Crippen molar-refractivity contribution >= 4 is 11.9 Å². The van der Waals surface area contributed by atoms with E-state index in [1.807, 2.05) is 0 Å². The third kappa shape index (κ3) is 3.85. The molecule has 0 N–H and O–H groups in total. The third-order valence-electron chi connectivity index (χ3n) is 15.2. The Morgan fingerprint density at radius 2 is 1.62 bits per heavy atom. The molecule has 0 amide bonds. The van der Waals surface area contributed by atoms with Gasteiger partial charge in [-0.15, -0.1) is 0 Å². The molecule has 234 valence electrons. The van der Waals surface area contributed by atoms with Crippen molar-refractivity contribution in [3.63, 3.8) is 0 Å². The van der Waals surface area contributed by atoms with Crippen molar-refractivity contribution in [3.8, 4) is 0 Å². The van der Waals surface area contributed by atoms with E-state index in [2.05, 4.69) is 67.1 Å². The zero-order valence-electron chi connectivity index (χ0n) is 28.0. The minimum atomic E-state index is -0.169. The molecule has 1 heterocycles. The molecular formula is C37H57NO4. The van der Waals surface area contributed by atoms with Crippen LogP contribution < -0.4 is 0 Å². The first-order valence-electron chi connectivity index (χ1n) is 16.9. The Hall–Kier alpha value is -1.78. The van der Waals surface area contributed by atoms with Gasteiger partial charge >= 0.3 is 11.9 Å². The average molecular weight is 580 g/mol. The molecule has 42 heavy (non-hydrogen) atoms. The molecule has 1 aliphatic heterocycles. The topological polar surface area (TPSA) is 55.8 Å². The van der Waals surface area contributed by atoms with Crippen LogP contribution in [0.4, 0.5) is 0 Å². The molecule has 0 aromatic carbocycles. The van der Waals surface area contributed by atoms with Crippen LogP contribution in [0.25, 0.3) is 0 Å². The molecular weight excluding hydrogens is 522 g/mol. The summed E-state index contributed by atoms with van der Waals surface area (Å²) in [5, 5.41) is 0. The van der Waals surface area contributed by atoms with E-state index in [0.717, 1.165) is 37.8 Å². The van der Waals surface area contributed by atoms with Crippen molar-refractivity contribution in [2.45, 2.75) is 125 Å². The summed E-state index contributed by atoms with van der Waals surface area (Å²) in [7, 11) is 4.13. The number of likely N-dealkylation sites (N-methyl/N-ethyl adjacent to an activating group) is 1. The maximum atomic E-state index is 12.7. The van der Waals surface area contributed by atoms with Crippen LogP contribution in [0.3, 0.4) is 0 Å². The van der Waals surface area contributed by atoms with Crippen LogP contribution in [0.15, 0.2) is 23.9 Å². The SMILES string of the molecule is C=C(C)[C@@H]1CC[C@]2([C@@H]3OC(=O)C=C3N(C)C)CC[C@]3(C)[C@H](CC[C@@H]4[C@@]5(C)CC[C@H](OC(C)=O)C(C)(C)[C@@H]5CC[C@]43C)[C@@H]12. The number of fused-ring (bicyclic) bond motifs is 7. The summed E-state index contributed by atoms with van der Waals surface area (Å²) < 4.78 is 12.2. The maximum absolute atomic E-state index is 12.7. The van der Waals surface area contributed by atoms with Crippen molar-refractivity contribution in [2.75, 3.05) is 14.1 Å². The molecule has 11 atom stereocenters. The highest BCUT2D eigenvalue weighted by Gasteiger charge is 2.72. The molecule has 0 radical (unpaired) electrons. The molecule has 5 heteroatoms. The number of ether oxygens (including phenoxy) is 2. The molecule has 0 aromatic heterocycles. The van der Waals surface area contributed by atoms with E-state index >= 15 is 0 Å². The van der Waals surface area contributed by atoms with E-state index < -0.39 is 0 Å². The molecule has 0 unspecified atom stereocenters. The number of rotatable bonds is 4. The van der Waals surface area contributed by atoms with Crippen molar-refractivity contribution in [1.82, 2.24) is 4.90 Å². The zero-order chi connectivity index (χ0) is 30.6. The monoisotopic (exact) mass is 579 g/mol. The lowest BCUT2D eigenvalue weighted by atomic mass is 9.32. The predicted octanol–water partition coefficient (Wildman–Crippen LogP) is 7.95. The van der Waals surface area contributed by atoms with Gasteiger partial charge in [0.05, 0.1) is 5.70 Å². The van der Waals surface area contributed by atoms with Crippen LogP contribution in [0.5, 0.6) is 0 Å². The molecule has 0 spiro atoms. The fraction of sp³-hybridized carbons (Fsp3) is 0.838. The van der Waals surface area contributed by atoms with Crippen LogP contribution in [0.2, 0.25) is 0 Å². The Labute approximate surface area is 255 Å². The predicted molar refractivity (Wildman–Crippen MR) is 166 cm³/mol. The number of esters is 2. The molecule has 6 rings (SSSR count). The smallest absolute Gasteiger partial charge is 0.333 e. The Balaban J connectivity index is 1.38. The van der Waals surface area contributed by atoms with Gasteiger partial charge in [-0.2, -0.15) is 0 Å². The number of hydrogen-bond donors (Lipinski definition) is 0. The minimum Gasteiger partial charge on any atom is -0.462 e. The van der Waals surface area contributed by atoms with Gasteiger partial charge in [0.25, 0.3) is 0 Å². The van der Waals surface area contributed by atoms with E-state index in [1.54, 1.807) is 13.0 Å². The standard InChI is InChI=1S/C37H57NO4/c1-22(2)24-13-18-37(32-26(38(9)10)21-30(40)42-32)20-19-35(7)25(31(24)37)11-12-28-34(6)16-15-29(41-23(3)39)33(4,5)27(34)14-17-36(28,35)8/h21,24-25,27-29,31-32H,1,11-20H2,2-10H3/t24-,25+,27-,28+,29-,31+,32+,34-,35+,36+,37-/m0/s1. The summed E-state index contributed by atoms with van der Waals surface area (Å²) in [6.07, 6.45) is 13.4. The lowest BCUT2D eigenvalue weighted by Crippen LogP contribution is -2.67. The Morgan fingerprint density at radius 3 is 2.26 bits per heavy atom. The Kier molecular flexibility index (Phi) is 6.92. The third-order valence-corrected chi connectivity index (χ3v) is 15.2. The van der Waals surface area contributed by atoms with Crippen LogP contribution in [-0.4, -0.2) is 43.1 Å². The first kappa shape index (κ1) is 30.3. The van der Waals surface area contributed by atoms with E-state index in [4.69, 9.17) is 9.47 Å². The highest BCUT2D eigenvalue weighted by Crippen LogP contribution is 2.78. The van der Waals surface area contributed by atoms with Gasteiger partial charge in [-0.25, -0.2) is 4.79 Å². The first-order chi connectivity index (χ1) is 19.5. The average Bonchev–Trinajstić information content (AvgIpc) is 3.48. The van der Waals surface area contributed by atoms with E-state index in [1.165, 1.54) is 37.7 Å². The van der Waals surface area contributed by atoms with Crippen LogP contribution in [0, 0.1) is 56.7 Å². The Bertz CT molecular complexity index is 1200. The molecule has 5 aliphatic carbocycles. The number of carbonyl (C=O) groups excluding carboxylic acids is 2. The van der Waals surface area contributed by atoms with Crippen LogP contribution in [0.1, 0.15) is 113 Å². The van der Waals surface area contributed by atoms with E-state index in [9.17, 15) is 9.59 Å². The number of nitrogens with zero attached hydrogens (tertiary/aromatic N) is 1. The number of carbonyl (C=O) groups is 2. The van der Waals surface area contributed by atoms with Gasteiger partial charge in [0, 0.05) is 37.9 Å². The zero-order valence-corrected chi connectivity index (χ0v) is 28.0. The largest absolute Gasteiger partial charge is 0.462 e. The van der Waals surface area contributed by atoms with Gasteiger partial charge in [-0.3, -0.25) is 4.79 Å². The normalized spacial score (nSPS) is 49.0. The van der Waals surface area contributed by atoms with Gasteiger partial charge in [0.2, 0.25) is 0 Å². The van der Waals surface area contributed by atoms with Crippen molar-refractivity contribution in [3.05, 3.63) is 23.9 Å². The maximum Gasteiger partial charge on any atom is 0.333 e. The van der Waals surface area contributed by atoms with Crippen LogP contribution in [-0.2, 0) is 19.1 Å².